The monoisotopic (exact) mass is 345 g/mol. The largest absolute Gasteiger partial charge is 0.497 e. The molecule has 4 aromatic rings. The summed E-state index contributed by atoms with van der Waals surface area (Å²) in [5.74, 6) is 0.909. The molecular formula is C23H25N2O+. The van der Waals surface area contributed by atoms with Crippen molar-refractivity contribution in [2.45, 2.75) is 26.6 Å². The normalized spacial score (nSPS) is 11.3. The third-order valence-electron chi connectivity index (χ3n) is 5.07. The van der Waals surface area contributed by atoms with Crippen molar-refractivity contribution in [2.75, 3.05) is 7.11 Å². The summed E-state index contributed by atoms with van der Waals surface area (Å²) in [4.78, 5) is 0. The first-order valence-electron chi connectivity index (χ1n) is 9.24. The average Bonchev–Trinajstić information content (AvgIpc) is 3.01. The van der Waals surface area contributed by atoms with Crippen LogP contribution in [0.15, 0.2) is 66.7 Å². The van der Waals surface area contributed by atoms with Crippen LogP contribution in [0.4, 0.5) is 0 Å². The van der Waals surface area contributed by atoms with Crippen molar-refractivity contribution < 1.29 is 10.1 Å². The first-order chi connectivity index (χ1) is 12.8. The van der Waals surface area contributed by atoms with Gasteiger partial charge in [0.05, 0.1) is 7.11 Å². The number of nitrogens with zero attached hydrogens (tertiary/aromatic N) is 1. The van der Waals surface area contributed by atoms with Gasteiger partial charge in [-0.2, -0.15) is 0 Å². The molecule has 1 aromatic heterocycles. The highest BCUT2D eigenvalue weighted by atomic mass is 16.5. The van der Waals surface area contributed by atoms with E-state index >= 15 is 0 Å². The van der Waals surface area contributed by atoms with Crippen LogP contribution in [0.1, 0.15) is 18.1 Å². The number of benzene rings is 3. The second-order valence-corrected chi connectivity index (χ2v) is 6.66. The van der Waals surface area contributed by atoms with Crippen molar-refractivity contribution in [1.29, 1.82) is 0 Å². The number of hydrogen-bond donors (Lipinski definition) is 1. The van der Waals surface area contributed by atoms with Gasteiger partial charge in [-0.1, -0.05) is 24.3 Å². The number of nitrogens with two attached hydrogens (primary N) is 1. The lowest BCUT2D eigenvalue weighted by Crippen LogP contribution is -2.80. The summed E-state index contributed by atoms with van der Waals surface area (Å²) in [6, 6.07) is 23.9. The topological polar surface area (TPSA) is 30.8 Å². The highest BCUT2D eigenvalue weighted by Crippen LogP contribution is 2.29. The summed E-state index contributed by atoms with van der Waals surface area (Å²) >= 11 is 0. The minimum Gasteiger partial charge on any atom is -0.497 e. The Hall–Kier alpha value is -2.78. The second kappa shape index (κ2) is 7.22. The second-order valence-electron chi connectivity index (χ2n) is 6.66. The molecule has 26 heavy (non-hydrogen) atoms. The van der Waals surface area contributed by atoms with Gasteiger partial charge in [-0.3, -0.25) is 0 Å². The van der Waals surface area contributed by atoms with Gasteiger partial charge in [-0.15, -0.1) is 0 Å². The van der Waals surface area contributed by atoms with Gasteiger partial charge in [0.2, 0.25) is 0 Å². The number of hydrogen-bond acceptors (Lipinski definition) is 1. The van der Waals surface area contributed by atoms with Crippen molar-refractivity contribution in [3.63, 3.8) is 0 Å². The highest BCUT2D eigenvalue weighted by molar-refractivity contribution is 6.08. The summed E-state index contributed by atoms with van der Waals surface area (Å²) in [5.41, 5.74) is 5.33. The molecule has 132 valence electrons. The predicted molar refractivity (Wildman–Crippen MR) is 107 cm³/mol. The maximum Gasteiger partial charge on any atom is 0.118 e. The van der Waals surface area contributed by atoms with E-state index in [4.69, 9.17) is 4.74 Å². The SMILES string of the molecule is CCn1c2ccccc2c2cc(C[NH2+]Cc3ccc(OC)cc3)ccc21. The molecule has 0 bridgehead atoms. The van der Waals surface area contributed by atoms with E-state index in [-0.39, 0.29) is 0 Å². The molecule has 0 amide bonds. The molecule has 0 radical (unpaired) electrons. The number of ether oxygens (including phenoxy) is 1. The fourth-order valence-electron chi connectivity index (χ4n) is 3.74. The van der Waals surface area contributed by atoms with E-state index in [0.29, 0.717) is 0 Å². The van der Waals surface area contributed by atoms with E-state index in [2.05, 4.69) is 71.4 Å². The summed E-state index contributed by atoms with van der Waals surface area (Å²) in [7, 11) is 1.70. The maximum absolute atomic E-state index is 5.22. The van der Waals surface area contributed by atoms with Crippen LogP contribution >= 0.6 is 0 Å². The molecule has 0 aliphatic carbocycles. The number of aromatic nitrogens is 1. The molecule has 0 unspecified atom stereocenters. The molecule has 0 atom stereocenters. The molecule has 0 aliphatic rings. The Labute approximate surface area is 154 Å². The molecule has 4 rings (SSSR count). The molecule has 1 heterocycles. The molecule has 0 saturated carbocycles. The lowest BCUT2D eigenvalue weighted by molar-refractivity contribution is -0.686. The average molecular weight is 345 g/mol. The quantitative estimate of drug-likeness (QED) is 0.561. The molecule has 3 aromatic carbocycles. The molecular weight excluding hydrogens is 320 g/mol. The van der Waals surface area contributed by atoms with Crippen LogP contribution in [0.5, 0.6) is 5.75 Å². The Kier molecular flexibility index (Phi) is 4.63. The number of quaternary nitrogens is 1. The van der Waals surface area contributed by atoms with Gasteiger partial charge < -0.3 is 14.6 Å². The fourth-order valence-corrected chi connectivity index (χ4v) is 3.74. The van der Waals surface area contributed by atoms with E-state index in [0.717, 1.165) is 25.4 Å². The van der Waals surface area contributed by atoms with Crippen molar-refractivity contribution in [3.8, 4) is 5.75 Å². The van der Waals surface area contributed by atoms with Gasteiger partial charge in [-0.25, -0.2) is 0 Å². The lowest BCUT2D eigenvalue weighted by atomic mass is 10.1. The minimum atomic E-state index is 0.909. The van der Waals surface area contributed by atoms with Crippen molar-refractivity contribution in [3.05, 3.63) is 77.9 Å². The standard InChI is InChI=1S/C23H24N2O/c1-3-25-22-7-5-4-6-20(22)21-14-18(10-13-23(21)25)16-24-15-17-8-11-19(26-2)12-9-17/h4-14,24H,3,15-16H2,1-2H3/p+1. The Morgan fingerprint density at radius 1 is 0.808 bits per heavy atom. The van der Waals surface area contributed by atoms with Crippen LogP contribution in [-0.2, 0) is 19.6 Å². The van der Waals surface area contributed by atoms with Gasteiger partial charge in [0.15, 0.2) is 0 Å². The zero-order valence-corrected chi connectivity index (χ0v) is 15.4. The maximum atomic E-state index is 5.22. The minimum absolute atomic E-state index is 0.909. The number of para-hydroxylation sites is 1. The van der Waals surface area contributed by atoms with E-state index in [1.54, 1.807) is 7.11 Å². The highest BCUT2D eigenvalue weighted by Gasteiger charge is 2.10. The lowest BCUT2D eigenvalue weighted by Gasteiger charge is -2.05. The molecule has 0 spiro atoms. The third kappa shape index (κ3) is 3.06. The van der Waals surface area contributed by atoms with Crippen LogP contribution in [0.3, 0.4) is 0 Å². The van der Waals surface area contributed by atoms with Crippen LogP contribution < -0.4 is 10.1 Å². The molecule has 0 fully saturated rings. The van der Waals surface area contributed by atoms with Crippen LogP contribution in [0.2, 0.25) is 0 Å². The Morgan fingerprint density at radius 2 is 1.50 bits per heavy atom. The van der Waals surface area contributed by atoms with E-state index in [1.165, 1.54) is 32.9 Å². The van der Waals surface area contributed by atoms with Gasteiger partial charge >= 0.3 is 0 Å². The number of methoxy groups -OCH3 is 1. The summed E-state index contributed by atoms with van der Waals surface area (Å²) in [5, 5.41) is 5.06. The first kappa shape index (κ1) is 16.7. The fraction of sp³-hybridized carbons (Fsp3) is 0.217. The molecule has 3 nitrogen and oxygen atoms in total. The van der Waals surface area contributed by atoms with E-state index < -0.39 is 0 Å². The van der Waals surface area contributed by atoms with Gasteiger partial charge in [0.1, 0.15) is 18.8 Å². The number of aryl methyl sites for hydroxylation is 1. The molecule has 0 aliphatic heterocycles. The zero-order chi connectivity index (χ0) is 17.9. The van der Waals surface area contributed by atoms with Gasteiger partial charge in [0, 0.05) is 39.5 Å². The molecule has 2 N–H and O–H groups in total. The number of rotatable bonds is 6. The number of fused-ring (bicyclic) bond motifs is 3. The van der Waals surface area contributed by atoms with Gasteiger partial charge in [-0.05, 0) is 49.4 Å². The van der Waals surface area contributed by atoms with E-state index in [9.17, 15) is 0 Å². The third-order valence-corrected chi connectivity index (χ3v) is 5.07. The van der Waals surface area contributed by atoms with Gasteiger partial charge in [0.25, 0.3) is 0 Å². The summed E-state index contributed by atoms with van der Waals surface area (Å²) in [6.07, 6.45) is 0. The van der Waals surface area contributed by atoms with Crippen LogP contribution in [0.25, 0.3) is 21.8 Å². The Morgan fingerprint density at radius 3 is 2.27 bits per heavy atom. The summed E-state index contributed by atoms with van der Waals surface area (Å²) < 4.78 is 7.62. The molecule has 0 saturated heterocycles. The van der Waals surface area contributed by atoms with Crippen molar-refractivity contribution in [2.24, 2.45) is 0 Å². The van der Waals surface area contributed by atoms with Crippen LogP contribution in [0, 0.1) is 0 Å². The smallest absolute Gasteiger partial charge is 0.118 e. The Bertz CT molecular complexity index is 1030. The van der Waals surface area contributed by atoms with E-state index in [1.807, 2.05) is 12.1 Å². The first-order valence-corrected chi connectivity index (χ1v) is 9.24. The zero-order valence-electron chi connectivity index (χ0n) is 15.4. The Balaban J connectivity index is 1.54. The predicted octanol–water partition coefficient (Wildman–Crippen LogP) is 4.09. The molecule has 3 heteroatoms. The van der Waals surface area contributed by atoms with Crippen molar-refractivity contribution in [1.82, 2.24) is 4.57 Å². The van der Waals surface area contributed by atoms with Crippen LogP contribution in [-0.4, -0.2) is 11.7 Å². The summed E-state index contributed by atoms with van der Waals surface area (Å²) in [6.45, 7) is 5.15. The van der Waals surface area contributed by atoms with Crippen molar-refractivity contribution >= 4 is 21.8 Å².